The van der Waals surface area contributed by atoms with Gasteiger partial charge in [0.1, 0.15) is 0 Å². The van der Waals surface area contributed by atoms with Gasteiger partial charge in [0.15, 0.2) is 0 Å². The van der Waals surface area contributed by atoms with Crippen LogP contribution in [-0.2, 0) is 13.1 Å². The standard InChI is InChI=1S/C11H12BrN3/c1-14-4-5-15-11(7-14)9-6-8(12)2-3-10(9)13-15/h2-3,6H,4-5,7H2,1H3. The minimum atomic E-state index is 0.993. The molecular weight excluding hydrogens is 254 g/mol. The van der Waals surface area contributed by atoms with Gasteiger partial charge in [0.05, 0.1) is 17.8 Å². The van der Waals surface area contributed by atoms with Gasteiger partial charge in [-0.1, -0.05) is 15.9 Å². The second kappa shape index (κ2) is 3.32. The lowest BCUT2D eigenvalue weighted by molar-refractivity contribution is 0.260. The van der Waals surface area contributed by atoms with Crippen molar-refractivity contribution in [1.29, 1.82) is 0 Å². The molecular formula is C11H12BrN3. The summed E-state index contributed by atoms with van der Waals surface area (Å²) >= 11 is 3.51. The molecule has 1 aliphatic rings. The van der Waals surface area contributed by atoms with Crippen molar-refractivity contribution in [2.75, 3.05) is 13.6 Å². The number of fused-ring (bicyclic) bond motifs is 3. The fourth-order valence-corrected chi connectivity index (χ4v) is 2.47. The van der Waals surface area contributed by atoms with Gasteiger partial charge in [-0.05, 0) is 25.2 Å². The molecule has 0 fully saturated rings. The quantitative estimate of drug-likeness (QED) is 0.729. The summed E-state index contributed by atoms with van der Waals surface area (Å²) in [5, 5.41) is 5.87. The number of likely N-dealkylation sites (N-methyl/N-ethyl adjacent to an activating group) is 1. The molecule has 1 aliphatic heterocycles. The third kappa shape index (κ3) is 1.48. The van der Waals surface area contributed by atoms with Crippen molar-refractivity contribution in [2.24, 2.45) is 0 Å². The largest absolute Gasteiger partial charge is 0.299 e. The van der Waals surface area contributed by atoms with Crippen LogP contribution in [0, 0.1) is 0 Å². The fourth-order valence-electron chi connectivity index (χ4n) is 2.11. The maximum Gasteiger partial charge on any atom is 0.0927 e. The Labute approximate surface area is 96.8 Å². The summed E-state index contributed by atoms with van der Waals surface area (Å²) in [5.74, 6) is 0. The number of halogens is 1. The van der Waals surface area contributed by atoms with Gasteiger partial charge in [-0.15, -0.1) is 0 Å². The van der Waals surface area contributed by atoms with Crippen molar-refractivity contribution in [1.82, 2.24) is 14.7 Å². The molecule has 0 spiro atoms. The highest BCUT2D eigenvalue weighted by atomic mass is 79.9. The number of benzene rings is 1. The summed E-state index contributed by atoms with van der Waals surface area (Å²) in [6, 6.07) is 6.28. The van der Waals surface area contributed by atoms with E-state index in [1.807, 2.05) is 6.07 Å². The molecule has 15 heavy (non-hydrogen) atoms. The Morgan fingerprint density at radius 3 is 3.07 bits per heavy atom. The fraction of sp³-hybridized carbons (Fsp3) is 0.364. The molecule has 3 rings (SSSR count). The van der Waals surface area contributed by atoms with Crippen LogP contribution in [0.15, 0.2) is 22.7 Å². The van der Waals surface area contributed by atoms with Crippen molar-refractivity contribution < 1.29 is 0 Å². The number of nitrogens with zero attached hydrogens (tertiary/aromatic N) is 3. The molecule has 0 atom stereocenters. The highest BCUT2D eigenvalue weighted by Crippen LogP contribution is 2.25. The van der Waals surface area contributed by atoms with Crippen LogP contribution in [0.4, 0.5) is 0 Å². The first-order valence-corrected chi connectivity index (χ1v) is 5.87. The predicted molar refractivity (Wildman–Crippen MR) is 63.8 cm³/mol. The lowest BCUT2D eigenvalue weighted by Crippen LogP contribution is -2.30. The predicted octanol–water partition coefficient (Wildman–Crippen LogP) is 2.24. The van der Waals surface area contributed by atoms with Crippen LogP contribution in [0.5, 0.6) is 0 Å². The summed E-state index contributed by atoms with van der Waals surface area (Å²) in [5.41, 5.74) is 2.43. The van der Waals surface area contributed by atoms with Gasteiger partial charge in [0, 0.05) is 22.9 Å². The molecule has 0 unspecified atom stereocenters. The monoisotopic (exact) mass is 265 g/mol. The Bertz CT molecular complexity index is 518. The van der Waals surface area contributed by atoms with E-state index in [0.29, 0.717) is 0 Å². The maximum atomic E-state index is 4.60. The van der Waals surface area contributed by atoms with Gasteiger partial charge in [-0.3, -0.25) is 9.58 Å². The van der Waals surface area contributed by atoms with E-state index in [0.717, 1.165) is 29.6 Å². The summed E-state index contributed by atoms with van der Waals surface area (Å²) < 4.78 is 3.26. The summed E-state index contributed by atoms with van der Waals surface area (Å²) in [7, 11) is 2.15. The zero-order valence-corrected chi connectivity index (χ0v) is 10.2. The maximum absolute atomic E-state index is 4.60. The average Bonchev–Trinajstić information content (AvgIpc) is 2.56. The second-order valence-corrected chi connectivity index (χ2v) is 4.98. The number of hydrogen-bond donors (Lipinski definition) is 0. The van der Waals surface area contributed by atoms with Crippen LogP contribution in [0.25, 0.3) is 10.9 Å². The SMILES string of the molecule is CN1CCn2nc3ccc(Br)cc3c2C1. The number of rotatable bonds is 0. The zero-order chi connectivity index (χ0) is 10.4. The normalized spacial score (nSPS) is 16.9. The third-order valence-corrected chi connectivity index (χ3v) is 3.42. The van der Waals surface area contributed by atoms with E-state index in [2.05, 4.69) is 49.8 Å². The molecule has 4 heteroatoms. The highest BCUT2D eigenvalue weighted by Gasteiger charge is 2.17. The molecule has 0 N–H and O–H groups in total. The molecule has 3 nitrogen and oxygen atoms in total. The van der Waals surface area contributed by atoms with Crippen LogP contribution in [0.1, 0.15) is 5.69 Å². The van der Waals surface area contributed by atoms with Crippen LogP contribution in [0.3, 0.4) is 0 Å². The van der Waals surface area contributed by atoms with Gasteiger partial charge in [-0.2, -0.15) is 5.10 Å². The van der Waals surface area contributed by atoms with Gasteiger partial charge < -0.3 is 0 Å². The average molecular weight is 266 g/mol. The Kier molecular flexibility index (Phi) is 2.07. The van der Waals surface area contributed by atoms with Crippen LogP contribution in [-0.4, -0.2) is 28.3 Å². The topological polar surface area (TPSA) is 21.1 Å². The van der Waals surface area contributed by atoms with E-state index in [9.17, 15) is 0 Å². The minimum Gasteiger partial charge on any atom is -0.299 e. The first-order chi connectivity index (χ1) is 7.24. The molecule has 0 radical (unpaired) electrons. The van der Waals surface area contributed by atoms with Gasteiger partial charge in [-0.25, -0.2) is 0 Å². The molecule has 2 heterocycles. The summed E-state index contributed by atoms with van der Waals surface area (Å²) in [6.07, 6.45) is 0. The molecule has 0 bridgehead atoms. The molecule has 1 aromatic carbocycles. The Morgan fingerprint density at radius 1 is 1.33 bits per heavy atom. The lowest BCUT2D eigenvalue weighted by atomic mass is 10.2. The lowest BCUT2D eigenvalue weighted by Gasteiger charge is -2.23. The summed E-state index contributed by atoms with van der Waals surface area (Å²) in [6.45, 7) is 3.08. The summed E-state index contributed by atoms with van der Waals surface area (Å²) in [4.78, 5) is 2.33. The molecule has 0 amide bonds. The smallest absolute Gasteiger partial charge is 0.0927 e. The van der Waals surface area contributed by atoms with Crippen LogP contribution >= 0.6 is 15.9 Å². The minimum absolute atomic E-state index is 0.993. The first kappa shape index (κ1) is 9.36. The Morgan fingerprint density at radius 2 is 2.20 bits per heavy atom. The van der Waals surface area contributed by atoms with E-state index >= 15 is 0 Å². The van der Waals surface area contributed by atoms with E-state index in [1.165, 1.54) is 11.1 Å². The van der Waals surface area contributed by atoms with Gasteiger partial charge >= 0.3 is 0 Å². The first-order valence-electron chi connectivity index (χ1n) is 5.07. The Balaban J connectivity index is 2.25. The second-order valence-electron chi connectivity index (χ2n) is 4.07. The van der Waals surface area contributed by atoms with Gasteiger partial charge in [0.25, 0.3) is 0 Å². The molecule has 0 saturated heterocycles. The van der Waals surface area contributed by atoms with Crippen molar-refractivity contribution in [3.63, 3.8) is 0 Å². The van der Waals surface area contributed by atoms with E-state index in [-0.39, 0.29) is 0 Å². The van der Waals surface area contributed by atoms with Crippen molar-refractivity contribution >= 4 is 26.8 Å². The molecule has 78 valence electrons. The molecule has 0 saturated carbocycles. The van der Waals surface area contributed by atoms with Crippen molar-refractivity contribution in [3.8, 4) is 0 Å². The van der Waals surface area contributed by atoms with Crippen LogP contribution < -0.4 is 0 Å². The molecule has 1 aromatic heterocycles. The molecule has 0 aliphatic carbocycles. The van der Waals surface area contributed by atoms with Crippen molar-refractivity contribution in [2.45, 2.75) is 13.1 Å². The molecule has 2 aromatic rings. The van der Waals surface area contributed by atoms with E-state index in [1.54, 1.807) is 0 Å². The van der Waals surface area contributed by atoms with E-state index in [4.69, 9.17) is 0 Å². The van der Waals surface area contributed by atoms with Crippen molar-refractivity contribution in [3.05, 3.63) is 28.4 Å². The highest BCUT2D eigenvalue weighted by molar-refractivity contribution is 9.10. The number of hydrogen-bond acceptors (Lipinski definition) is 2. The Hall–Kier alpha value is -0.870. The van der Waals surface area contributed by atoms with E-state index < -0.39 is 0 Å². The van der Waals surface area contributed by atoms with Gasteiger partial charge in [0.2, 0.25) is 0 Å². The van der Waals surface area contributed by atoms with Crippen LogP contribution in [0.2, 0.25) is 0 Å². The number of aromatic nitrogens is 2. The zero-order valence-electron chi connectivity index (χ0n) is 8.57. The third-order valence-electron chi connectivity index (χ3n) is 2.92.